The van der Waals surface area contributed by atoms with Gasteiger partial charge in [0, 0.05) is 35.5 Å². The molecule has 160 valence electrons. The molecule has 0 aliphatic carbocycles. The van der Waals surface area contributed by atoms with E-state index < -0.39 is 6.04 Å². The lowest BCUT2D eigenvalue weighted by atomic mass is 10.1. The third-order valence-electron chi connectivity index (χ3n) is 5.49. The van der Waals surface area contributed by atoms with Crippen LogP contribution < -0.4 is 5.32 Å². The summed E-state index contributed by atoms with van der Waals surface area (Å²) < 4.78 is 0. The van der Waals surface area contributed by atoms with Crippen molar-refractivity contribution >= 4 is 57.3 Å². The van der Waals surface area contributed by atoms with Crippen LogP contribution in [0, 0.1) is 0 Å². The molecule has 0 radical (unpaired) electrons. The molecule has 3 aromatic rings. The van der Waals surface area contributed by atoms with E-state index in [-0.39, 0.29) is 18.2 Å². The molecule has 31 heavy (non-hydrogen) atoms. The second-order valence-corrected chi connectivity index (χ2v) is 8.28. The number of nitrogens with one attached hydrogen (secondary N) is 2. The molecule has 1 unspecified atom stereocenters. The first kappa shape index (κ1) is 21.3. The minimum Gasteiger partial charge on any atom is -0.361 e. The molecular formula is C23H23ClN4O2S. The number of amides is 2. The van der Waals surface area contributed by atoms with E-state index in [1.165, 1.54) is 0 Å². The SMILES string of the molecule is CCN1C(=O)C(CC(=O)Nc2ccc3cc[nH]c3c2)N(CCc2ccc(Cl)cc2)C1=S. The molecule has 0 saturated carbocycles. The van der Waals surface area contributed by atoms with Crippen LogP contribution in [-0.2, 0) is 16.0 Å². The quantitative estimate of drug-likeness (QED) is 0.525. The van der Waals surface area contributed by atoms with Gasteiger partial charge in [-0.3, -0.25) is 14.5 Å². The second-order valence-electron chi connectivity index (χ2n) is 7.48. The van der Waals surface area contributed by atoms with Gasteiger partial charge in [-0.25, -0.2) is 0 Å². The lowest BCUT2D eigenvalue weighted by molar-refractivity contribution is -0.130. The Balaban J connectivity index is 1.46. The van der Waals surface area contributed by atoms with Gasteiger partial charge in [0.15, 0.2) is 5.11 Å². The zero-order valence-electron chi connectivity index (χ0n) is 17.1. The Labute approximate surface area is 191 Å². The molecule has 1 atom stereocenters. The molecule has 1 saturated heterocycles. The molecule has 8 heteroatoms. The number of rotatable bonds is 7. The van der Waals surface area contributed by atoms with Gasteiger partial charge >= 0.3 is 0 Å². The van der Waals surface area contributed by atoms with Crippen molar-refractivity contribution in [2.24, 2.45) is 0 Å². The molecule has 2 heterocycles. The van der Waals surface area contributed by atoms with Crippen molar-refractivity contribution in [3.63, 3.8) is 0 Å². The van der Waals surface area contributed by atoms with Crippen molar-refractivity contribution in [2.45, 2.75) is 25.8 Å². The van der Waals surface area contributed by atoms with Crippen LogP contribution in [0.3, 0.4) is 0 Å². The van der Waals surface area contributed by atoms with Crippen LogP contribution in [0.15, 0.2) is 54.7 Å². The van der Waals surface area contributed by atoms with Crippen LogP contribution in [0.2, 0.25) is 5.02 Å². The fourth-order valence-corrected chi connectivity index (χ4v) is 4.41. The molecule has 1 aliphatic rings. The van der Waals surface area contributed by atoms with E-state index >= 15 is 0 Å². The largest absolute Gasteiger partial charge is 0.361 e. The predicted molar refractivity (Wildman–Crippen MR) is 127 cm³/mol. The maximum Gasteiger partial charge on any atom is 0.252 e. The van der Waals surface area contributed by atoms with Crippen molar-refractivity contribution in [3.8, 4) is 0 Å². The molecule has 4 rings (SSSR count). The van der Waals surface area contributed by atoms with E-state index in [1.54, 1.807) is 4.90 Å². The van der Waals surface area contributed by atoms with E-state index in [9.17, 15) is 9.59 Å². The van der Waals surface area contributed by atoms with Gasteiger partial charge in [-0.05, 0) is 66.8 Å². The van der Waals surface area contributed by atoms with Crippen LogP contribution in [-0.4, -0.2) is 50.8 Å². The highest BCUT2D eigenvalue weighted by Gasteiger charge is 2.42. The number of thiocarbonyl (C=S) groups is 1. The molecule has 2 N–H and O–H groups in total. The lowest BCUT2D eigenvalue weighted by Gasteiger charge is -2.23. The van der Waals surface area contributed by atoms with Gasteiger partial charge in [-0.15, -0.1) is 0 Å². The number of hydrogen-bond donors (Lipinski definition) is 2. The number of likely N-dealkylation sites (N-methyl/N-ethyl adjacent to an activating group) is 1. The number of benzene rings is 2. The average molecular weight is 455 g/mol. The number of carbonyl (C=O) groups excluding carboxylic acids is 2. The first-order valence-electron chi connectivity index (χ1n) is 10.2. The zero-order valence-corrected chi connectivity index (χ0v) is 18.7. The van der Waals surface area contributed by atoms with Crippen LogP contribution in [0.25, 0.3) is 10.9 Å². The Kier molecular flexibility index (Phi) is 6.25. The van der Waals surface area contributed by atoms with Gasteiger partial charge in [0.25, 0.3) is 5.91 Å². The van der Waals surface area contributed by atoms with Crippen molar-refractivity contribution in [2.75, 3.05) is 18.4 Å². The van der Waals surface area contributed by atoms with Gasteiger partial charge in [0.2, 0.25) is 5.91 Å². The van der Waals surface area contributed by atoms with E-state index in [0.29, 0.717) is 35.3 Å². The third kappa shape index (κ3) is 4.57. The summed E-state index contributed by atoms with van der Waals surface area (Å²) >= 11 is 11.5. The predicted octanol–water partition coefficient (Wildman–Crippen LogP) is 4.21. The summed E-state index contributed by atoms with van der Waals surface area (Å²) in [4.78, 5) is 32.3. The van der Waals surface area contributed by atoms with Crippen LogP contribution >= 0.6 is 23.8 Å². The highest BCUT2D eigenvalue weighted by atomic mass is 35.5. The number of anilines is 1. The van der Waals surface area contributed by atoms with Gasteiger partial charge in [-0.1, -0.05) is 29.8 Å². The highest BCUT2D eigenvalue weighted by Crippen LogP contribution is 2.23. The van der Waals surface area contributed by atoms with Gasteiger partial charge < -0.3 is 15.2 Å². The molecule has 0 spiro atoms. The number of halogens is 1. The minimum absolute atomic E-state index is 0.0405. The molecule has 1 aromatic heterocycles. The normalized spacial score (nSPS) is 16.4. The summed E-state index contributed by atoms with van der Waals surface area (Å²) in [5, 5.41) is 5.14. The summed E-state index contributed by atoms with van der Waals surface area (Å²) in [7, 11) is 0. The molecular weight excluding hydrogens is 432 g/mol. The van der Waals surface area contributed by atoms with Crippen molar-refractivity contribution in [1.82, 2.24) is 14.8 Å². The molecule has 1 aliphatic heterocycles. The Bertz CT molecular complexity index is 1130. The Hall–Kier alpha value is -2.90. The maximum absolute atomic E-state index is 12.9. The zero-order chi connectivity index (χ0) is 22.0. The van der Waals surface area contributed by atoms with Crippen molar-refractivity contribution in [1.29, 1.82) is 0 Å². The highest BCUT2D eigenvalue weighted by molar-refractivity contribution is 7.80. The number of fused-ring (bicyclic) bond motifs is 1. The number of hydrogen-bond acceptors (Lipinski definition) is 3. The van der Waals surface area contributed by atoms with Gasteiger partial charge in [0.05, 0.1) is 6.42 Å². The Morgan fingerprint density at radius 2 is 1.97 bits per heavy atom. The summed E-state index contributed by atoms with van der Waals surface area (Å²) in [6.45, 7) is 2.92. The summed E-state index contributed by atoms with van der Waals surface area (Å²) in [5.41, 5.74) is 2.72. The fraction of sp³-hybridized carbons (Fsp3) is 0.261. The Morgan fingerprint density at radius 1 is 1.19 bits per heavy atom. The fourth-order valence-electron chi connectivity index (χ4n) is 3.85. The number of carbonyl (C=O) groups is 2. The number of H-pyrrole nitrogens is 1. The standard InChI is InChI=1S/C23H23ClN4O2S/c1-2-27-22(30)20(28(23(27)31)12-10-15-3-6-17(24)7-4-15)14-21(29)26-18-8-5-16-9-11-25-19(16)13-18/h3-9,11,13,20,25H,2,10,12,14H2,1H3,(H,26,29). The van der Waals surface area contributed by atoms with Crippen molar-refractivity contribution in [3.05, 3.63) is 65.3 Å². The minimum atomic E-state index is -0.603. The van der Waals surface area contributed by atoms with Gasteiger partial charge in [0.1, 0.15) is 6.04 Å². The van der Waals surface area contributed by atoms with Gasteiger partial charge in [-0.2, -0.15) is 0 Å². The third-order valence-corrected chi connectivity index (χ3v) is 6.20. The van der Waals surface area contributed by atoms with Crippen LogP contribution in [0.1, 0.15) is 18.9 Å². The molecule has 2 aromatic carbocycles. The van der Waals surface area contributed by atoms with E-state index in [4.69, 9.17) is 23.8 Å². The van der Waals surface area contributed by atoms with Crippen molar-refractivity contribution < 1.29 is 9.59 Å². The molecule has 1 fully saturated rings. The van der Waals surface area contributed by atoms with E-state index in [2.05, 4.69) is 10.3 Å². The second kappa shape index (κ2) is 9.08. The molecule has 2 amide bonds. The average Bonchev–Trinajstić information content (AvgIpc) is 3.30. The van der Waals surface area contributed by atoms with Crippen LogP contribution in [0.5, 0.6) is 0 Å². The summed E-state index contributed by atoms with van der Waals surface area (Å²) in [5.74, 6) is -0.347. The molecule has 6 nitrogen and oxygen atoms in total. The van der Waals surface area contributed by atoms with Crippen LogP contribution in [0.4, 0.5) is 5.69 Å². The Morgan fingerprint density at radius 3 is 2.71 bits per heavy atom. The summed E-state index contributed by atoms with van der Waals surface area (Å²) in [6, 6.07) is 14.6. The number of aromatic amines is 1. The summed E-state index contributed by atoms with van der Waals surface area (Å²) in [6.07, 6.45) is 2.59. The first-order valence-corrected chi connectivity index (χ1v) is 11.0. The maximum atomic E-state index is 12.9. The first-order chi connectivity index (χ1) is 15.0. The monoisotopic (exact) mass is 454 g/mol. The number of nitrogens with zero attached hydrogens (tertiary/aromatic N) is 2. The smallest absolute Gasteiger partial charge is 0.252 e. The topological polar surface area (TPSA) is 68.4 Å². The lowest BCUT2D eigenvalue weighted by Crippen LogP contribution is -2.39. The van der Waals surface area contributed by atoms with E-state index in [1.807, 2.05) is 66.6 Å². The molecule has 0 bridgehead atoms. The van der Waals surface area contributed by atoms with E-state index in [0.717, 1.165) is 16.5 Å². The number of aromatic nitrogens is 1.